The number of nitrogens with one attached hydrogen (secondary N) is 2. The fraction of sp³-hybridized carbons (Fsp3) is 0.286. The first-order valence-corrected chi connectivity index (χ1v) is 8.75. The van der Waals surface area contributed by atoms with Crippen LogP contribution >= 0.6 is 0 Å². The second-order valence-corrected chi connectivity index (χ2v) is 6.82. The van der Waals surface area contributed by atoms with Gasteiger partial charge in [0.15, 0.2) is 11.5 Å². The number of rotatable bonds is 5. The number of aromatic nitrogens is 2. The summed E-state index contributed by atoms with van der Waals surface area (Å²) < 4.78 is 74.8. The Morgan fingerprint density at radius 1 is 1.19 bits per heavy atom. The molecule has 0 saturated carbocycles. The lowest BCUT2D eigenvalue weighted by atomic mass is 10.2. The van der Waals surface area contributed by atoms with Gasteiger partial charge in [-0.05, 0) is 6.92 Å². The number of benzene rings is 1. The van der Waals surface area contributed by atoms with Crippen molar-refractivity contribution in [3.8, 4) is 17.2 Å². The Morgan fingerprint density at radius 2 is 1.93 bits per heavy atom. The van der Waals surface area contributed by atoms with Gasteiger partial charge in [0.1, 0.15) is 5.82 Å². The van der Waals surface area contributed by atoms with Gasteiger partial charge in [-0.2, -0.15) is 26.6 Å². The highest BCUT2D eigenvalue weighted by atomic mass is 32.2. The van der Waals surface area contributed by atoms with Crippen LogP contribution in [0, 0.1) is 6.92 Å². The highest BCUT2D eigenvalue weighted by Gasteiger charge is 2.49. The van der Waals surface area contributed by atoms with Gasteiger partial charge in [-0.15, -0.1) is 0 Å². The van der Waals surface area contributed by atoms with Crippen LogP contribution in [0.3, 0.4) is 0 Å². The second kappa shape index (κ2) is 6.64. The van der Waals surface area contributed by atoms with Crippen LogP contribution in [0.25, 0.3) is 0 Å². The second-order valence-electron chi connectivity index (χ2n) is 5.28. The van der Waals surface area contributed by atoms with Crippen LogP contribution in [0.15, 0.2) is 18.2 Å². The molecule has 2 N–H and O–H groups in total. The minimum atomic E-state index is -5.88. The molecule has 0 unspecified atom stereocenters. The summed E-state index contributed by atoms with van der Waals surface area (Å²) in [6, 6.07) is 4.08. The van der Waals surface area contributed by atoms with Crippen molar-refractivity contribution in [2.24, 2.45) is 0 Å². The van der Waals surface area contributed by atoms with Crippen LogP contribution < -0.4 is 24.3 Å². The Bertz CT molecular complexity index is 981. The summed E-state index contributed by atoms with van der Waals surface area (Å²) in [5.74, 6) is -0.292. The fourth-order valence-corrected chi connectivity index (χ4v) is 2.61. The Balaban J connectivity index is 1.98. The Morgan fingerprint density at radius 3 is 2.59 bits per heavy atom. The minimum absolute atomic E-state index is 0.00821. The molecular weight excluding hydrogens is 393 g/mol. The third-order valence-electron chi connectivity index (χ3n) is 3.29. The molecule has 13 heteroatoms. The van der Waals surface area contributed by atoms with Crippen molar-refractivity contribution in [1.29, 1.82) is 0 Å². The summed E-state index contributed by atoms with van der Waals surface area (Å²) in [6.45, 7) is 1.42. The van der Waals surface area contributed by atoms with E-state index in [9.17, 15) is 21.6 Å². The molecule has 0 saturated heterocycles. The number of halogens is 3. The first-order chi connectivity index (χ1) is 12.6. The van der Waals surface area contributed by atoms with Gasteiger partial charge in [-0.3, -0.25) is 0 Å². The number of hydrogen-bond acceptors (Lipinski definition) is 9. The number of nitrogens with zero attached hydrogens (tertiary/aromatic N) is 2. The number of anilines is 3. The summed E-state index contributed by atoms with van der Waals surface area (Å²) in [5.41, 5.74) is -4.84. The third kappa shape index (κ3) is 3.92. The van der Waals surface area contributed by atoms with Gasteiger partial charge in [0, 0.05) is 36.6 Å². The van der Waals surface area contributed by atoms with Crippen LogP contribution in [0.4, 0.5) is 30.6 Å². The molecule has 1 aliphatic rings. The van der Waals surface area contributed by atoms with Crippen LogP contribution in [-0.4, -0.2) is 37.7 Å². The van der Waals surface area contributed by atoms with E-state index in [1.54, 1.807) is 20.0 Å². The zero-order valence-electron chi connectivity index (χ0n) is 13.9. The third-order valence-corrected chi connectivity index (χ3v) is 4.25. The Hall–Kier alpha value is -2.96. The molecule has 0 radical (unpaired) electrons. The maximum atomic E-state index is 12.6. The number of aryl methyl sites for hydroxylation is 1. The van der Waals surface area contributed by atoms with Gasteiger partial charge < -0.3 is 24.3 Å². The quantitative estimate of drug-likeness (QED) is 0.571. The number of ether oxygens (including phenoxy) is 2. The molecule has 0 aliphatic carbocycles. The molecule has 0 atom stereocenters. The first-order valence-electron chi connectivity index (χ1n) is 7.34. The molecule has 2 heterocycles. The van der Waals surface area contributed by atoms with Gasteiger partial charge in [-0.25, -0.2) is 4.98 Å². The summed E-state index contributed by atoms with van der Waals surface area (Å²) in [4.78, 5) is 8.28. The van der Waals surface area contributed by atoms with Crippen molar-refractivity contribution >= 4 is 27.6 Å². The van der Waals surface area contributed by atoms with Crippen molar-refractivity contribution in [2.75, 3.05) is 24.5 Å². The van der Waals surface area contributed by atoms with E-state index in [-0.39, 0.29) is 29.9 Å². The highest BCUT2D eigenvalue weighted by Crippen LogP contribution is 2.45. The van der Waals surface area contributed by atoms with Gasteiger partial charge in [0.2, 0.25) is 18.5 Å². The average molecular weight is 406 g/mol. The van der Waals surface area contributed by atoms with Crippen LogP contribution in [0.1, 0.15) is 5.69 Å². The smallest absolute Gasteiger partial charge is 0.453 e. The predicted octanol–water partition coefficient (Wildman–Crippen LogP) is 2.53. The Labute approximate surface area is 151 Å². The minimum Gasteiger partial charge on any atom is -0.453 e. The van der Waals surface area contributed by atoms with Crippen LogP contribution in [0.5, 0.6) is 17.2 Å². The SMILES string of the molecule is CNc1cc(C)nc(Nc2cc3c(c(OS(=O)(=O)C(F)(F)F)c2)OCO3)n1. The average Bonchev–Trinajstić information content (AvgIpc) is 3.01. The highest BCUT2D eigenvalue weighted by molar-refractivity contribution is 7.88. The van der Waals surface area contributed by atoms with E-state index in [0.717, 1.165) is 6.07 Å². The van der Waals surface area contributed by atoms with E-state index in [2.05, 4.69) is 24.8 Å². The summed E-state index contributed by atoms with van der Waals surface area (Å²) in [6.07, 6.45) is 0. The van der Waals surface area contributed by atoms with Crippen molar-refractivity contribution in [2.45, 2.75) is 12.4 Å². The standard InChI is InChI=1S/C14H13F3N4O5S/c1-7-3-11(18-2)21-13(19-7)20-8-4-9-12(25-6-24-9)10(5-8)26-27(22,23)14(15,16)17/h3-5H,6H2,1-2H3,(H2,18,19,20,21). The molecular formula is C14H13F3N4O5S. The van der Waals surface area contributed by atoms with Crippen molar-refractivity contribution in [3.05, 3.63) is 23.9 Å². The molecule has 3 rings (SSSR count). The van der Waals surface area contributed by atoms with Crippen molar-refractivity contribution in [3.63, 3.8) is 0 Å². The van der Waals surface area contributed by atoms with Crippen molar-refractivity contribution in [1.82, 2.24) is 9.97 Å². The molecule has 0 spiro atoms. The fourth-order valence-electron chi connectivity index (χ4n) is 2.16. The lowest BCUT2D eigenvalue weighted by Gasteiger charge is -2.13. The Kier molecular flexibility index (Phi) is 4.63. The normalized spacial score (nSPS) is 13.4. The first kappa shape index (κ1) is 18.8. The molecule has 0 fully saturated rings. The van der Waals surface area contributed by atoms with Gasteiger partial charge >= 0.3 is 15.6 Å². The largest absolute Gasteiger partial charge is 0.534 e. The lowest BCUT2D eigenvalue weighted by molar-refractivity contribution is -0.0500. The molecule has 0 bridgehead atoms. The van der Waals surface area contributed by atoms with Crippen LogP contribution in [0.2, 0.25) is 0 Å². The van der Waals surface area contributed by atoms with Crippen molar-refractivity contribution < 1.29 is 35.2 Å². The molecule has 1 aliphatic heterocycles. The van der Waals surface area contributed by atoms with Crippen LogP contribution in [-0.2, 0) is 10.1 Å². The maximum absolute atomic E-state index is 12.6. The molecule has 9 nitrogen and oxygen atoms in total. The van der Waals surface area contributed by atoms with Gasteiger partial charge in [0.25, 0.3) is 0 Å². The van der Waals surface area contributed by atoms with Gasteiger partial charge in [0.05, 0.1) is 0 Å². The van der Waals surface area contributed by atoms with E-state index in [1.807, 2.05) is 0 Å². The van der Waals surface area contributed by atoms with E-state index < -0.39 is 21.4 Å². The summed E-state index contributed by atoms with van der Waals surface area (Å²) >= 11 is 0. The molecule has 1 aromatic carbocycles. The number of hydrogen-bond donors (Lipinski definition) is 2. The topological polar surface area (TPSA) is 112 Å². The zero-order valence-corrected chi connectivity index (χ0v) is 14.7. The van der Waals surface area contributed by atoms with Gasteiger partial charge in [-0.1, -0.05) is 0 Å². The summed E-state index contributed by atoms with van der Waals surface area (Å²) in [5, 5.41) is 5.59. The molecule has 0 amide bonds. The zero-order chi connectivity index (χ0) is 19.8. The van der Waals surface area contributed by atoms with E-state index in [4.69, 9.17) is 9.47 Å². The van der Waals surface area contributed by atoms with E-state index >= 15 is 0 Å². The molecule has 1 aromatic heterocycles. The van der Waals surface area contributed by atoms with E-state index in [1.165, 1.54) is 6.07 Å². The molecule has 146 valence electrons. The number of fused-ring (bicyclic) bond motifs is 1. The maximum Gasteiger partial charge on any atom is 0.534 e. The lowest BCUT2D eigenvalue weighted by Crippen LogP contribution is -2.28. The monoisotopic (exact) mass is 406 g/mol. The predicted molar refractivity (Wildman–Crippen MR) is 87.8 cm³/mol. The summed E-state index contributed by atoms with van der Waals surface area (Å²) in [7, 11) is -4.23. The molecule has 2 aromatic rings. The van der Waals surface area contributed by atoms with E-state index in [0.29, 0.717) is 11.5 Å². The number of alkyl halides is 3. The molecule has 27 heavy (non-hydrogen) atoms.